The molecule has 0 unspecified atom stereocenters. The highest BCUT2D eigenvalue weighted by Crippen LogP contribution is 2.38. The van der Waals surface area contributed by atoms with Gasteiger partial charge in [0.15, 0.2) is 0 Å². The molecule has 0 heterocycles. The Kier molecular flexibility index (Phi) is 3.09. The average Bonchev–Trinajstić information content (AvgIpc) is 2.13. The number of hydrogen-bond donors (Lipinski definition) is 0. The lowest BCUT2D eigenvalue weighted by Crippen LogP contribution is -1.95. The lowest BCUT2D eigenvalue weighted by atomic mass is 10.1. The van der Waals surface area contributed by atoms with Crippen molar-refractivity contribution in [3.05, 3.63) is 26.7 Å². The van der Waals surface area contributed by atoms with Crippen LogP contribution in [0.25, 0.3) is 0 Å². The quantitative estimate of drug-likeness (QED) is 0.695. The van der Waals surface area contributed by atoms with Crippen LogP contribution in [0.15, 0.2) is 0 Å². The Morgan fingerprint density at radius 3 is 1.54 bits per heavy atom. The normalized spacial score (nSPS) is 10.3. The Bertz CT molecular complexity index is 316. The van der Waals surface area contributed by atoms with Crippen LogP contribution in [0.3, 0.4) is 0 Å². The predicted octanol–water partition coefficient (Wildman–Crippen LogP) is 3.93. The van der Waals surface area contributed by atoms with Gasteiger partial charge >= 0.3 is 0 Å². The zero-order valence-electron chi connectivity index (χ0n) is 8.16. The monoisotopic (exact) mass is 218 g/mol. The fourth-order valence-corrected chi connectivity index (χ4v) is 1.85. The number of halogens is 2. The van der Waals surface area contributed by atoms with Crippen molar-refractivity contribution in [3.63, 3.8) is 0 Å². The third-order valence-corrected chi connectivity index (χ3v) is 3.34. The molecule has 0 radical (unpaired) electrons. The molecule has 1 rings (SSSR count). The van der Waals surface area contributed by atoms with E-state index in [-0.39, 0.29) is 0 Å². The number of benzene rings is 1. The lowest BCUT2D eigenvalue weighted by molar-refractivity contribution is 0.408. The van der Waals surface area contributed by atoms with E-state index in [0.29, 0.717) is 10.0 Å². The van der Waals surface area contributed by atoms with E-state index in [1.54, 1.807) is 7.11 Å². The van der Waals surface area contributed by atoms with Crippen molar-refractivity contribution in [2.75, 3.05) is 7.11 Å². The number of ether oxygens (including phenoxy) is 1. The second-order valence-corrected chi connectivity index (χ2v) is 3.79. The first kappa shape index (κ1) is 10.7. The fourth-order valence-electron chi connectivity index (χ4n) is 1.45. The summed E-state index contributed by atoms with van der Waals surface area (Å²) >= 11 is 12.1. The molecule has 0 amide bonds. The summed E-state index contributed by atoms with van der Waals surface area (Å²) in [6.45, 7) is 5.76. The second kappa shape index (κ2) is 3.77. The van der Waals surface area contributed by atoms with Crippen molar-refractivity contribution < 1.29 is 4.74 Å². The van der Waals surface area contributed by atoms with Crippen LogP contribution in [-0.4, -0.2) is 7.11 Å². The Labute approximate surface area is 88.6 Å². The van der Waals surface area contributed by atoms with E-state index in [4.69, 9.17) is 27.9 Å². The van der Waals surface area contributed by atoms with E-state index in [1.807, 2.05) is 20.8 Å². The first-order valence-electron chi connectivity index (χ1n) is 3.99. The van der Waals surface area contributed by atoms with E-state index in [1.165, 1.54) is 0 Å². The molecule has 1 nitrogen and oxygen atoms in total. The molecule has 0 N–H and O–H groups in total. The predicted molar refractivity (Wildman–Crippen MR) is 57.2 cm³/mol. The summed E-state index contributed by atoms with van der Waals surface area (Å²) in [4.78, 5) is 0. The molecule has 0 saturated heterocycles. The zero-order valence-corrected chi connectivity index (χ0v) is 9.68. The summed E-state index contributed by atoms with van der Waals surface area (Å²) in [5, 5.41) is 1.37. The number of hydrogen-bond acceptors (Lipinski definition) is 1. The summed E-state index contributed by atoms with van der Waals surface area (Å²) < 4.78 is 5.22. The van der Waals surface area contributed by atoms with Crippen LogP contribution in [0, 0.1) is 20.8 Å². The Hall–Kier alpha value is -0.400. The molecule has 0 saturated carbocycles. The maximum Gasteiger partial charge on any atom is 0.127 e. The molecule has 0 fully saturated rings. The summed E-state index contributed by atoms with van der Waals surface area (Å²) in [5.74, 6) is 0.778. The van der Waals surface area contributed by atoms with Gasteiger partial charge in [0.25, 0.3) is 0 Å². The van der Waals surface area contributed by atoms with Gasteiger partial charge in [0.05, 0.1) is 17.2 Å². The second-order valence-electron chi connectivity index (χ2n) is 3.04. The maximum atomic E-state index is 6.07. The minimum absolute atomic E-state index is 0.687. The molecule has 13 heavy (non-hydrogen) atoms. The van der Waals surface area contributed by atoms with Crippen LogP contribution in [0.5, 0.6) is 5.75 Å². The molecule has 0 atom stereocenters. The van der Waals surface area contributed by atoms with Crippen LogP contribution in [0.1, 0.15) is 16.7 Å². The molecule has 0 aromatic heterocycles. The highest BCUT2D eigenvalue weighted by molar-refractivity contribution is 6.37. The van der Waals surface area contributed by atoms with Crippen LogP contribution in [-0.2, 0) is 0 Å². The van der Waals surface area contributed by atoms with Gasteiger partial charge in [-0.2, -0.15) is 0 Å². The fraction of sp³-hybridized carbons (Fsp3) is 0.400. The zero-order chi connectivity index (χ0) is 10.2. The minimum atomic E-state index is 0.687. The summed E-state index contributed by atoms with van der Waals surface area (Å²) in [5.41, 5.74) is 2.81. The van der Waals surface area contributed by atoms with Gasteiger partial charge in [0, 0.05) is 11.1 Å². The Balaban J connectivity index is 3.56. The standard InChI is InChI=1S/C10H12Cl2O/c1-5-8(11)6(2)10(13-4)7(3)9(5)12/h1-4H3. The average molecular weight is 219 g/mol. The third-order valence-electron chi connectivity index (χ3n) is 2.20. The largest absolute Gasteiger partial charge is 0.496 e. The van der Waals surface area contributed by atoms with E-state index < -0.39 is 0 Å². The van der Waals surface area contributed by atoms with Crippen LogP contribution in [0.4, 0.5) is 0 Å². The first-order valence-corrected chi connectivity index (χ1v) is 4.75. The molecule has 0 aliphatic heterocycles. The topological polar surface area (TPSA) is 9.23 Å². The highest BCUT2D eigenvalue weighted by atomic mass is 35.5. The van der Waals surface area contributed by atoms with Crippen LogP contribution >= 0.6 is 23.2 Å². The molecule has 1 aromatic carbocycles. The van der Waals surface area contributed by atoms with Gasteiger partial charge in [0.1, 0.15) is 5.75 Å². The molecular weight excluding hydrogens is 207 g/mol. The Morgan fingerprint density at radius 2 is 1.23 bits per heavy atom. The van der Waals surface area contributed by atoms with Gasteiger partial charge in [-0.3, -0.25) is 0 Å². The smallest absolute Gasteiger partial charge is 0.127 e. The molecule has 0 aliphatic rings. The van der Waals surface area contributed by atoms with Crippen molar-refractivity contribution in [2.45, 2.75) is 20.8 Å². The summed E-state index contributed by atoms with van der Waals surface area (Å²) in [6, 6.07) is 0. The molecule has 0 bridgehead atoms. The maximum absolute atomic E-state index is 6.07. The van der Waals surface area contributed by atoms with Crippen molar-refractivity contribution >= 4 is 23.2 Å². The molecular formula is C10H12Cl2O. The van der Waals surface area contributed by atoms with E-state index in [2.05, 4.69) is 0 Å². The minimum Gasteiger partial charge on any atom is -0.496 e. The molecule has 3 heteroatoms. The summed E-state index contributed by atoms with van der Waals surface area (Å²) in [7, 11) is 1.62. The van der Waals surface area contributed by atoms with Crippen molar-refractivity contribution in [2.24, 2.45) is 0 Å². The molecule has 72 valence electrons. The third kappa shape index (κ3) is 1.63. The lowest BCUT2D eigenvalue weighted by Gasteiger charge is -2.14. The Morgan fingerprint density at radius 1 is 0.846 bits per heavy atom. The van der Waals surface area contributed by atoms with Gasteiger partial charge in [-0.15, -0.1) is 0 Å². The van der Waals surface area contributed by atoms with Gasteiger partial charge in [-0.25, -0.2) is 0 Å². The van der Waals surface area contributed by atoms with Crippen molar-refractivity contribution in [1.82, 2.24) is 0 Å². The summed E-state index contributed by atoms with van der Waals surface area (Å²) in [6.07, 6.45) is 0. The molecule has 0 aliphatic carbocycles. The van der Waals surface area contributed by atoms with Gasteiger partial charge in [0.2, 0.25) is 0 Å². The van der Waals surface area contributed by atoms with Gasteiger partial charge in [-0.05, 0) is 26.3 Å². The highest BCUT2D eigenvalue weighted by Gasteiger charge is 2.14. The van der Waals surface area contributed by atoms with E-state index in [9.17, 15) is 0 Å². The van der Waals surface area contributed by atoms with Crippen molar-refractivity contribution in [1.29, 1.82) is 0 Å². The first-order chi connectivity index (χ1) is 6.00. The van der Waals surface area contributed by atoms with E-state index in [0.717, 1.165) is 22.4 Å². The molecule has 1 aromatic rings. The number of methoxy groups -OCH3 is 1. The number of rotatable bonds is 1. The van der Waals surface area contributed by atoms with Crippen LogP contribution < -0.4 is 4.74 Å². The van der Waals surface area contributed by atoms with Crippen molar-refractivity contribution in [3.8, 4) is 5.75 Å². The van der Waals surface area contributed by atoms with Gasteiger partial charge in [-0.1, -0.05) is 23.2 Å². The SMILES string of the molecule is COc1c(C)c(Cl)c(C)c(Cl)c1C. The van der Waals surface area contributed by atoms with E-state index >= 15 is 0 Å². The molecule has 0 spiro atoms. The van der Waals surface area contributed by atoms with Gasteiger partial charge < -0.3 is 4.74 Å². The van der Waals surface area contributed by atoms with Crippen LogP contribution in [0.2, 0.25) is 10.0 Å².